The summed E-state index contributed by atoms with van der Waals surface area (Å²) in [6, 6.07) is 11.2. The molecule has 1 amide bonds. The molecule has 0 saturated heterocycles. The number of carbonyl (C=O) groups excluding carboxylic acids is 1. The Morgan fingerprint density at radius 1 is 1.25 bits per heavy atom. The van der Waals surface area contributed by atoms with E-state index in [2.05, 4.69) is 21.2 Å². The predicted octanol–water partition coefficient (Wildman–Crippen LogP) is 4.81. The highest BCUT2D eigenvalue weighted by molar-refractivity contribution is 9.10. The summed E-state index contributed by atoms with van der Waals surface area (Å²) in [7, 11) is 0. The number of hydrogen-bond acceptors (Lipinski definition) is 4. The molecular weight excluding hydrogens is 400 g/mol. The first kappa shape index (κ1) is 18.2. The molecule has 0 aromatic heterocycles. The van der Waals surface area contributed by atoms with Crippen molar-refractivity contribution in [3.8, 4) is 5.75 Å². The van der Waals surface area contributed by atoms with E-state index in [9.17, 15) is 14.9 Å². The van der Waals surface area contributed by atoms with Crippen LogP contribution in [0.1, 0.15) is 12.8 Å². The highest BCUT2D eigenvalue weighted by Crippen LogP contribution is 2.27. The van der Waals surface area contributed by atoms with Crippen molar-refractivity contribution in [1.82, 2.24) is 0 Å². The molecular formula is C16H14BrClN2O4. The maximum absolute atomic E-state index is 11.9. The quantitative estimate of drug-likeness (QED) is 0.401. The molecule has 0 unspecified atom stereocenters. The van der Waals surface area contributed by atoms with Crippen LogP contribution >= 0.6 is 27.5 Å². The minimum absolute atomic E-state index is 0.0451. The number of ether oxygens (including phenoxy) is 1. The molecule has 0 fully saturated rings. The molecule has 6 nitrogen and oxygen atoms in total. The Hall–Kier alpha value is -2.12. The van der Waals surface area contributed by atoms with Gasteiger partial charge in [-0.15, -0.1) is 0 Å². The van der Waals surface area contributed by atoms with Crippen LogP contribution < -0.4 is 10.1 Å². The van der Waals surface area contributed by atoms with Gasteiger partial charge in [-0.25, -0.2) is 0 Å². The standard InChI is InChI=1S/C16H14BrClN2O4/c17-14-10-12(20(22)23)5-8-15(14)19-16(21)2-1-9-24-13-6-3-11(18)4-7-13/h3-8,10H,1-2,9H2,(H,19,21). The summed E-state index contributed by atoms with van der Waals surface area (Å²) in [5.74, 6) is 0.502. The summed E-state index contributed by atoms with van der Waals surface area (Å²) in [6.45, 7) is 0.399. The fourth-order valence-corrected chi connectivity index (χ4v) is 2.48. The molecule has 0 saturated carbocycles. The van der Waals surface area contributed by atoms with Crippen LogP contribution in [0.15, 0.2) is 46.9 Å². The summed E-state index contributed by atoms with van der Waals surface area (Å²) < 4.78 is 5.97. The van der Waals surface area contributed by atoms with E-state index in [1.165, 1.54) is 18.2 Å². The molecule has 126 valence electrons. The number of anilines is 1. The van der Waals surface area contributed by atoms with Crippen LogP contribution in [0.2, 0.25) is 5.02 Å². The molecule has 0 aliphatic carbocycles. The monoisotopic (exact) mass is 412 g/mol. The minimum atomic E-state index is -0.496. The number of rotatable bonds is 7. The number of nitrogens with one attached hydrogen (secondary N) is 1. The van der Waals surface area contributed by atoms with Crippen molar-refractivity contribution in [2.24, 2.45) is 0 Å². The fourth-order valence-electron chi connectivity index (χ4n) is 1.89. The second-order valence-corrected chi connectivity index (χ2v) is 6.17. The summed E-state index contributed by atoms with van der Waals surface area (Å²) >= 11 is 8.99. The summed E-state index contributed by atoms with van der Waals surface area (Å²) in [5.41, 5.74) is 0.445. The largest absolute Gasteiger partial charge is 0.494 e. The van der Waals surface area contributed by atoms with E-state index in [-0.39, 0.29) is 18.0 Å². The Labute approximate surface area is 152 Å². The number of nitro benzene ring substituents is 1. The van der Waals surface area contributed by atoms with Crippen LogP contribution in [0.3, 0.4) is 0 Å². The van der Waals surface area contributed by atoms with Crippen LogP contribution in [-0.2, 0) is 4.79 Å². The molecule has 0 aliphatic heterocycles. The van der Waals surface area contributed by atoms with Crippen molar-refractivity contribution in [1.29, 1.82) is 0 Å². The SMILES string of the molecule is O=C(CCCOc1ccc(Cl)cc1)Nc1ccc([N+](=O)[O-])cc1Br. The zero-order valence-electron chi connectivity index (χ0n) is 12.5. The normalized spacial score (nSPS) is 10.2. The van der Waals surface area contributed by atoms with E-state index in [0.717, 1.165) is 0 Å². The maximum atomic E-state index is 11.9. The first-order valence-electron chi connectivity index (χ1n) is 7.08. The molecule has 2 aromatic rings. The lowest BCUT2D eigenvalue weighted by atomic mass is 10.2. The molecule has 24 heavy (non-hydrogen) atoms. The van der Waals surface area contributed by atoms with Gasteiger partial charge in [0.05, 0.1) is 17.2 Å². The van der Waals surface area contributed by atoms with Crippen LogP contribution in [-0.4, -0.2) is 17.4 Å². The zero-order valence-corrected chi connectivity index (χ0v) is 14.8. The van der Waals surface area contributed by atoms with Gasteiger partial charge in [0.15, 0.2) is 0 Å². The van der Waals surface area contributed by atoms with Gasteiger partial charge in [-0.1, -0.05) is 11.6 Å². The van der Waals surface area contributed by atoms with E-state index >= 15 is 0 Å². The molecule has 0 spiro atoms. The second kappa shape index (κ2) is 8.65. The van der Waals surface area contributed by atoms with E-state index in [4.69, 9.17) is 16.3 Å². The number of nitro groups is 1. The zero-order chi connectivity index (χ0) is 17.5. The maximum Gasteiger partial charge on any atom is 0.270 e. The summed E-state index contributed by atoms with van der Waals surface area (Å²) in [6.07, 6.45) is 0.816. The number of hydrogen-bond donors (Lipinski definition) is 1. The Balaban J connectivity index is 1.77. The highest BCUT2D eigenvalue weighted by Gasteiger charge is 2.11. The Kier molecular flexibility index (Phi) is 6.57. The summed E-state index contributed by atoms with van der Waals surface area (Å²) in [5, 5.41) is 14.0. The van der Waals surface area contributed by atoms with Crippen molar-refractivity contribution in [2.45, 2.75) is 12.8 Å². The number of benzene rings is 2. The second-order valence-electron chi connectivity index (χ2n) is 4.88. The molecule has 0 heterocycles. The van der Waals surface area contributed by atoms with Crippen LogP contribution in [0.4, 0.5) is 11.4 Å². The molecule has 8 heteroatoms. The molecule has 2 rings (SSSR count). The van der Waals surface area contributed by atoms with E-state index in [0.29, 0.717) is 34.0 Å². The molecule has 0 radical (unpaired) electrons. The van der Waals surface area contributed by atoms with E-state index in [1.54, 1.807) is 24.3 Å². The van der Waals surface area contributed by atoms with Gasteiger partial charge < -0.3 is 10.1 Å². The van der Waals surface area contributed by atoms with Gasteiger partial charge in [0.1, 0.15) is 5.75 Å². The number of carbonyl (C=O) groups is 1. The third kappa shape index (κ3) is 5.50. The van der Waals surface area contributed by atoms with Crippen LogP contribution in [0.5, 0.6) is 5.75 Å². The summed E-state index contributed by atoms with van der Waals surface area (Å²) in [4.78, 5) is 22.1. The lowest BCUT2D eigenvalue weighted by Gasteiger charge is -2.08. The van der Waals surface area contributed by atoms with Crippen LogP contribution in [0.25, 0.3) is 0 Å². The van der Waals surface area contributed by atoms with Crippen LogP contribution in [0, 0.1) is 10.1 Å². The van der Waals surface area contributed by atoms with Gasteiger partial charge in [-0.3, -0.25) is 14.9 Å². The highest BCUT2D eigenvalue weighted by atomic mass is 79.9. The first-order chi connectivity index (χ1) is 11.5. The van der Waals surface area contributed by atoms with E-state index < -0.39 is 4.92 Å². The molecule has 0 bridgehead atoms. The van der Waals surface area contributed by atoms with Crippen molar-refractivity contribution in [3.63, 3.8) is 0 Å². The third-order valence-electron chi connectivity index (χ3n) is 3.07. The van der Waals surface area contributed by atoms with Gasteiger partial charge in [0.2, 0.25) is 5.91 Å². The number of nitrogens with zero attached hydrogens (tertiary/aromatic N) is 1. The van der Waals surface area contributed by atoms with Crippen molar-refractivity contribution in [3.05, 3.63) is 62.1 Å². The van der Waals surface area contributed by atoms with Gasteiger partial charge in [-0.05, 0) is 52.7 Å². The average molecular weight is 414 g/mol. The minimum Gasteiger partial charge on any atom is -0.494 e. The lowest BCUT2D eigenvalue weighted by Crippen LogP contribution is -2.13. The molecule has 2 aromatic carbocycles. The van der Waals surface area contributed by atoms with Gasteiger partial charge in [0, 0.05) is 28.0 Å². The molecule has 0 aliphatic rings. The fraction of sp³-hybridized carbons (Fsp3) is 0.188. The Morgan fingerprint density at radius 2 is 1.96 bits per heavy atom. The van der Waals surface area contributed by atoms with Gasteiger partial charge >= 0.3 is 0 Å². The van der Waals surface area contributed by atoms with Gasteiger partial charge in [0.25, 0.3) is 5.69 Å². The molecule has 1 N–H and O–H groups in total. The van der Waals surface area contributed by atoms with Crippen molar-refractivity contribution < 1.29 is 14.5 Å². The Bertz CT molecular complexity index is 737. The smallest absolute Gasteiger partial charge is 0.270 e. The predicted molar refractivity (Wildman–Crippen MR) is 95.6 cm³/mol. The third-order valence-corrected chi connectivity index (χ3v) is 3.98. The van der Waals surface area contributed by atoms with Crippen molar-refractivity contribution >= 4 is 44.8 Å². The first-order valence-corrected chi connectivity index (χ1v) is 8.25. The van der Waals surface area contributed by atoms with E-state index in [1.807, 2.05) is 0 Å². The van der Waals surface area contributed by atoms with Crippen molar-refractivity contribution in [2.75, 3.05) is 11.9 Å². The number of halogens is 2. The topological polar surface area (TPSA) is 81.5 Å². The lowest BCUT2D eigenvalue weighted by molar-refractivity contribution is -0.384. The Morgan fingerprint density at radius 3 is 2.58 bits per heavy atom. The van der Waals surface area contributed by atoms with Gasteiger partial charge in [-0.2, -0.15) is 0 Å². The number of amides is 1. The average Bonchev–Trinajstić information content (AvgIpc) is 2.55. The molecule has 0 atom stereocenters. The number of non-ortho nitro benzene ring substituents is 1.